The fraction of sp³-hybridized carbons (Fsp3) is 0.462. The summed E-state index contributed by atoms with van der Waals surface area (Å²) in [7, 11) is 1.51. The molecule has 0 radical (unpaired) electrons. The second kappa shape index (κ2) is 6.33. The Morgan fingerprint density at radius 2 is 2.15 bits per heavy atom. The Morgan fingerprint density at radius 1 is 1.45 bits per heavy atom. The molecule has 1 heterocycles. The Labute approximate surface area is 116 Å². The van der Waals surface area contributed by atoms with Gasteiger partial charge in [-0.1, -0.05) is 0 Å². The SMILES string of the molecule is CNC(=O)c1ccc([N+](=O)[O-])c(OC2CCNCC2)c1. The number of amides is 1. The van der Waals surface area contributed by atoms with Gasteiger partial charge in [-0.05, 0) is 32.0 Å². The lowest BCUT2D eigenvalue weighted by Gasteiger charge is -2.23. The van der Waals surface area contributed by atoms with E-state index in [1.165, 1.54) is 25.2 Å². The molecular formula is C13H17N3O4. The van der Waals surface area contributed by atoms with Crippen molar-refractivity contribution in [3.05, 3.63) is 33.9 Å². The normalized spacial score (nSPS) is 15.7. The van der Waals surface area contributed by atoms with Crippen LogP contribution in [0.25, 0.3) is 0 Å². The van der Waals surface area contributed by atoms with Crippen LogP contribution in [-0.2, 0) is 0 Å². The van der Waals surface area contributed by atoms with Crippen molar-refractivity contribution in [2.24, 2.45) is 0 Å². The largest absolute Gasteiger partial charge is 0.483 e. The predicted octanol–water partition coefficient (Wildman–Crippen LogP) is 1.09. The number of piperidine rings is 1. The lowest BCUT2D eigenvalue weighted by atomic mass is 10.1. The molecule has 0 unspecified atom stereocenters. The zero-order valence-corrected chi connectivity index (χ0v) is 11.2. The van der Waals surface area contributed by atoms with Gasteiger partial charge in [0, 0.05) is 24.7 Å². The first kappa shape index (κ1) is 14.3. The Balaban J connectivity index is 2.26. The van der Waals surface area contributed by atoms with E-state index in [9.17, 15) is 14.9 Å². The number of rotatable bonds is 4. The molecule has 20 heavy (non-hydrogen) atoms. The third-order valence-corrected chi connectivity index (χ3v) is 3.23. The molecule has 1 aromatic carbocycles. The number of carbonyl (C=O) groups excluding carboxylic acids is 1. The van der Waals surface area contributed by atoms with Crippen molar-refractivity contribution in [3.63, 3.8) is 0 Å². The van der Waals surface area contributed by atoms with Crippen LogP contribution < -0.4 is 15.4 Å². The molecule has 1 aliphatic heterocycles. The van der Waals surface area contributed by atoms with Crippen molar-refractivity contribution in [1.82, 2.24) is 10.6 Å². The van der Waals surface area contributed by atoms with E-state index in [1.54, 1.807) is 0 Å². The molecule has 7 heteroatoms. The minimum absolute atomic E-state index is 0.0603. The zero-order chi connectivity index (χ0) is 14.5. The molecule has 1 amide bonds. The lowest BCUT2D eigenvalue weighted by molar-refractivity contribution is -0.386. The van der Waals surface area contributed by atoms with Gasteiger partial charge in [0.25, 0.3) is 5.91 Å². The highest BCUT2D eigenvalue weighted by molar-refractivity contribution is 5.94. The van der Waals surface area contributed by atoms with E-state index in [4.69, 9.17) is 4.74 Å². The summed E-state index contributed by atoms with van der Waals surface area (Å²) in [6, 6.07) is 4.16. The van der Waals surface area contributed by atoms with Crippen molar-refractivity contribution in [2.75, 3.05) is 20.1 Å². The minimum Gasteiger partial charge on any atom is -0.483 e. The second-order valence-electron chi connectivity index (χ2n) is 4.59. The minimum atomic E-state index is -0.496. The van der Waals surface area contributed by atoms with E-state index < -0.39 is 4.92 Å². The molecule has 0 aromatic heterocycles. The molecule has 0 bridgehead atoms. The van der Waals surface area contributed by atoms with Crippen molar-refractivity contribution in [3.8, 4) is 5.75 Å². The molecule has 1 fully saturated rings. The number of carbonyl (C=O) groups is 1. The maximum absolute atomic E-state index is 11.6. The third kappa shape index (κ3) is 3.24. The van der Waals surface area contributed by atoms with E-state index in [2.05, 4.69) is 10.6 Å². The summed E-state index contributed by atoms with van der Waals surface area (Å²) >= 11 is 0. The van der Waals surface area contributed by atoms with E-state index >= 15 is 0 Å². The van der Waals surface area contributed by atoms with Crippen LogP contribution >= 0.6 is 0 Å². The number of nitrogens with one attached hydrogen (secondary N) is 2. The summed E-state index contributed by atoms with van der Waals surface area (Å²) in [6.45, 7) is 1.65. The van der Waals surface area contributed by atoms with Crippen LogP contribution in [0.4, 0.5) is 5.69 Å². The molecule has 1 aromatic rings. The molecule has 1 aliphatic rings. The van der Waals surface area contributed by atoms with Crippen LogP contribution in [0.2, 0.25) is 0 Å². The number of hydrogen-bond donors (Lipinski definition) is 2. The Bertz CT molecular complexity index is 512. The number of hydrogen-bond acceptors (Lipinski definition) is 5. The topological polar surface area (TPSA) is 93.5 Å². The Morgan fingerprint density at radius 3 is 2.75 bits per heavy atom. The van der Waals surface area contributed by atoms with Gasteiger partial charge in [-0.3, -0.25) is 14.9 Å². The van der Waals surface area contributed by atoms with E-state index in [-0.39, 0.29) is 23.4 Å². The van der Waals surface area contributed by atoms with Crippen molar-refractivity contribution >= 4 is 11.6 Å². The molecule has 0 saturated carbocycles. The van der Waals surface area contributed by atoms with Gasteiger partial charge in [0.1, 0.15) is 6.10 Å². The first-order valence-electron chi connectivity index (χ1n) is 6.49. The van der Waals surface area contributed by atoms with Gasteiger partial charge >= 0.3 is 5.69 Å². The standard InChI is InChI=1S/C13H17N3O4/c1-14-13(17)9-2-3-11(16(18)19)12(8-9)20-10-4-6-15-7-5-10/h2-3,8,10,15H,4-7H2,1H3,(H,14,17). The quantitative estimate of drug-likeness (QED) is 0.635. The van der Waals surface area contributed by atoms with Gasteiger partial charge in [0.05, 0.1) is 4.92 Å². The maximum atomic E-state index is 11.6. The predicted molar refractivity (Wildman–Crippen MR) is 73.0 cm³/mol. The Kier molecular flexibility index (Phi) is 4.52. The lowest BCUT2D eigenvalue weighted by Crippen LogP contribution is -2.34. The molecule has 0 atom stereocenters. The summed E-state index contributed by atoms with van der Waals surface area (Å²) in [6.07, 6.45) is 1.53. The van der Waals surface area contributed by atoms with E-state index in [0.29, 0.717) is 5.56 Å². The Hall–Kier alpha value is -2.15. The first-order valence-corrected chi connectivity index (χ1v) is 6.49. The van der Waals surface area contributed by atoms with Crippen LogP contribution in [0.5, 0.6) is 5.75 Å². The summed E-state index contributed by atoms with van der Waals surface area (Å²) in [5, 5.41) is 16.7. The molecule has 108 valence electrons. The summed E-state index contributed by atoms with van der Waals surface area (Å²) in [5.41, 5.74) is 0.234. The summed E-state index contributed by atoms with van der Waals surface area (Å²) in [4.78, 5) is 22.1. The highest BCUT2D eigenvalue weighted by atomic mass is 16.6. The number of nitro benzene ring substituents is 1. The van der Waals surface area contributed by atoms with Gasteiger partial charge in [-0.25, -0.2) is 0 Å². The average molecular weight is 279 g/mol. The van der Waals surface area contributed by atoms with Gasteiger partial charge in [-0.2, -0.15) is 0 Å². The van der Waals surface area contributed by atoms with Gasteiger partial charge in [0.2, 0.25) is 0 Å². The fourth-order valence-electron chi connectivity index (χ4n) is 2.14. The third-order valence-electron chi connectivity index (χ3n) is 3.23. The number of benzene rings is 1. The van der Waals surface area contributed by atoms with Crippen LogP contribution in [0.15, 0.2) is 18.2 Å². The highest BCUT2D eigenvalue weighted by Gasteiger charge is 2.22. The number of nitro groups is 1. The molecular weight excluding hydrogens is 262 g/mol. The van der Waals surface area contributed by atoms with Crippen molar-refractivity contribution in [2.45, 2.75) is 18.9 Å². The van der Waals surface area contributed by atoms with Crippen LogP contribution in [-0.4, -0.2) is 37.1 Å². The van der Waals surface area contributed by atoms with Gasteiger partial charge in [0.15, 0.2) is 5.75 Å². The van der Waals surface area contributed by atoms with Crippen LogP contribution in [0.3, 0.4) is 0 Å². The highest BCUT2D eigenvalue weighted by Crippen LogP contribution is 2.30. The van der Waals surface area contributed by atoms with Gasteiger partial charge < -0.3 is 15.4 Å². The van der Waals surface area contributed by atoms with Crippen molar-refractivity contribution < 1.29 is 14.5 Å². The van der Waals surface area contributed by atoms with Gasteiger partial charge in [-0.15, -0.1) is 0 Å². The van der Waals surface area contributed by atoms with E-state index in [1.807, 2.05) is 0 Å². The smallest absolute Gasteiger partial charge is 0.310 e. The molecule has 2 rings (SSSR count). The van der Waals surface area contributed by atoms with Crippen molar-refractivity contribution in [1.29, 1.82) is 0 Å². The molecule has 7 nitrogen and oxygen atoms in total. The number of ether oxygens (including phenoxy) is 1. The zero-order valence-electron chi connectivity index (χ0n) is 11.2. The second-order valence-corrected chi connectivity index (χ2v) is 4.59. The van der Waals surface area contributed by atoms with E-state index in [0.717, 1.165) is 25.9 Å². The average Bonchev–Trinajstić information content (AvgIpc) is 2.47. The summed E-state index contributed by atoms with van der Waals surface area (Å²) < 4.78 is 5.72. The monoisotopic (exact) mass is 279 g/mol. The molecule has 2 N–H and O–H groups in total. The van der Waals surface area contributed by atoms with Crippen LogP contribution in [0, 0.1) is 10.1 Å². The fourth-order valence-corrected chi connectivity index (χ4v) is 2.14. The molecule has 0 aliphatic carbocycles. The molecule has 0 spiro atoms. The maximum Gasteiger partial charge on any atom is 0.310 e. The molecule has 1 saturated heterocycles. The van der Waals surface area contributed by atoms with Crippen LogP contribution in [0.1, 0.15) is 23.2 Å². The number of nitrogens with zero attached hydrogens (tertiary/aromatic N) is 1. The first-order chi connectivity index (χ1) is 9.61. The summed E-state index contributed by atoms with van der Waals surface area (Å²) in [5.74, 6) is -0.141.